The van der Waals surface area contributed by atoms with E-state index in [4.69, 9.17) is 5.73 Å². The summed E-state index contributed by atoms with van der Waals surface area (Å²) < 4.78 is 0. The number of hydrogen-bond donors (Lipinski definition) is 2. The van der Waals surface area contributed by atoms with Crippen LogP contribution in [-0.2, 0) is 9.59 Å². The lowest BCUT2D eigenvalue weighted by molar-refractivity contribution is -0.135. The molecule has 0 radical (unpaired) electrons. The monoisotopic (exact) mass is 269 g/mol. The highest BCUT2D eigenvalue weighted by Gasteiger charge is 2.23. The number of rotatable bonds is 5. The van der Waals surface area contributed by atoms with E-state index in [1.54, 1.807) is 7.05 Å². The van der Waals surface area contributed by atoms with Crippen LogP contribution in [0.15, 0.2) is 0 Å². The van der Waals surface area contributed by atoms with Crippen LogP contribution in [0, 0.1) is 5.92 Å². The number of nitrogens with two attached hydrogens (primary N) is 1. The van der Waals surface area contributed by atoms with Gasteiger partial charge in [0.2, 0.25) is 11.8 Å². The molecule has 2 unspecified atom stereocenters. The summed E-state index contributed by atoms with van der Waals surface area (Å²) >= 11 is 0. The van der Waals surface area contributed by atoms with Crippen LogP contribution in [0.2, 0.25) is 0 Å². The molecule has 1 aliphatic rings. The Kier molecular flexibility index (Phi) is 6.28. The molecule has 110 valence electrons. The summed E-state index contributed by atoms with van der Waals surface area (Å²) in [5.74, 6) is 0.316. The zero-order chi connectivity index (χ0) is 14.4. The summed E-state index contributed by atoms with van der Waals surface area (Å²) in [5.41, 5.74) is 5.92. The van der Waals surface area contributed by atoms with Gasteiger partial charge in [-0.05, 0) is 39.0 Å². The summed E-state index contributed by atoms with van der Waals surface area (Å²) in [6.45, 7) is 3.95. The molecule has 1 aliphatic carbocycles. The predicted octanol–water partition coefficient (Wildman–Crippen LogP) is 0.877. The summed E-state index contributed by atoms with van der Waals surface area (Å²) in [6, 6.07) is 0.341. The van der Waals surface area contributed by atoms with Gasteiger partial charge in [0.25, 0.3) is 0 Å². The first-order chi connectivity index (χ1) is 8.88. The molecule has 0 bridgehead atoms. The number of carbonyl (C=O) groups is 2. The van der Waals surface area contributed by atoms with E-state index < -0.39 is 0 Å². The van der Waals surface area contributed by atoms with Gasteiger partial charge in [0.15, 0.2) is 0 Å². The van der Waals surface area contributed by atoms with Crippen molar-refractivity contribution in [3.05, 3.63) is 0 Å². The standard InChI is InChI=1S/C14H27N3O2/c1-10(2)16-13(18)9-17(3)14(19)8-11-5-4-6-12(15)7-11/h10-12H,4-9,15H2,1-3H3,(H,16,18). The number of hydrogen-bond acceptors (Lipinski definition) is 3. The van der Waals surface area contributed by atoms with Gasteiger partial charge in [-0.25, -0.2) is 0 Å². The number of nitrogens with zero attached hydrogens (tertiary/aromatic N) is 1. The molecule has 0 saturated heterocycles. The molecular weight excluding hydrogens is 242 g/mol. The van der Waals surface area contributed by atoms with Gasteiger partial charge in [-0.3, -0.25) is 9.59 Å². The van der Waals surface area contributed by atoms with Crippen molar-refractivity contribution in [3.63, 3.8) is 0 Å². The van der Waals surface area contributed by atoms with Crippen LogP contribution in [0.1, 0.15) is 46.0 Å². The molecule has 19 heavy (non-hydrogen) atoms. The highest BCUT2D eigenvalue weighted by Crippen LogP contribution is 2.26. The fraction of sp³-hybridized carbons (Fsp3) is 0.857. The second kappa shape index (κ2) is 7.48. The number of carbonyl (C=O) groups excluding carboxylic acids is 2. The summed E-state index contributed by atoms with van der Waals surface area (Å²) in [5, 5.41) is 2.79. The van der Waals surface area contributed by atoms with Crippen molar-refractivity contribution in [1.82, 2.24) is 10.2 Å². The first-order valence-corrected chi connectivity index (χ1v) is 7.17. The van der Waals surface area contributed by atoms with Crippen molar-refractivity contribution in [2.45, 2.75) is 58.0 Å². The van der Waals surface area contributed by atoms with Crippen molar-refractivity contribution in [2.75, 3.05) is 13.6 Å². The molecule has 0 aromatic heterocycles. The predicted molar refractivity (Wildman–Crippen MR) is 75.5 cm³/mol. The van der Waals surface area contributed by atoms with E-state index in [2.05, 4.69) is 5.32 Å². The lowest BCUT2D eigenvalue weighted by Gasteiger charge is -2.27. The summed E-state index contributed by atoms with van der Waals surface area (Å²) in [7, 11) is 1.69. The SMILES string of the molecule is CC(C)NC(=O)CN(C)C(=O)CC1CCCC(N)C1. The van der Waals surface area contributed by atoms with Crippen LogP contribution >= 0.6 is 0 Å². The average Bonchev–Trinajstić information content (AvgIpc) is 2.27. The Morgan fingerprint density at radius 2 is 2.05 bits per heavy atom. The van der Waals surface area contributed by atoms with Crippen LogP contribution < -0.4 is 11.1 Å². The molecule has 5 heteroatoms. The quantitative estimate of drug-likeness (QED) is 0.778. The number of nitrogens with one attached hydrogen (secondary N) is 1. The second-order valence-corrected chi connectivity index (χ2v) is 5.97. The third-order valence-corrected chi connectivity index (χ3v) is 3.54. The maximum atomic E-state index is 12.0. The molecule has 0 heterocycles. The smallest absolute Gasteiger partial charge is 0.239 e. The largest absolute Gasteiger partial charge is 0.352 e. The van der Waals surface area contributed by atoms with Crippen LogP contribution in [0.5, 0.6) is 0 Å². The normalized spacial score (nSPS) is 23.2. The Hall–Kier alpha value is -1.10. The highest BCUT2D eigenvalue weighted by molar-refractivity contribution is 5.84. The van der Waals surface area contributed by atoms with Crippen molar-refractivity contribution < 1.29 is 9.59 Å². The van der Waals surface area contributed by atoms with E-state index in [0.29, 0.717) is 12.3 Å². The number of likely N-dealkylation sites (N-methyl/N-ethyl adjacent to an activating group) is 1. The van der Waals surface area contributed by atoms with Crippen LogP contribution in [0.4, 0.5) is 0 Å². The first-order valence-electron chi connectivity index (χ1n) is 7.17. The van der Waals surface area contributed by atoms with Gasteiger partial charge in [-0.1, -0.05) is 6.42 Å². The third kappa shape index (κ3) is 6.05. The van der Waals surface area contributed by atoms with Gasteiger partial charge in [-0.15, -0.1) is 0 Å². The van der Waals surface area contributed by atoms with E-state index in [1.807, 2.05) is 13.8 Å². The van der Waals surface area contributed by atoms with E-state index in [9.17, 15) is 9.59 Å². The second-order valence-electron chi connectivity index (χ2n) is 5.97. The van der Waals surface area contributed by atoms with Crippen LogP contribution in [0.3, 0.4) is 0 Å². The average molecular weight is 269 g/mol. The van der Waals surface area contributed by atoms with E-state index in [0.717, 1.165) is 25.7 Å². The Labute approximate surface area is 115 Å². The van der Waals surface area contributed by atoms with Gasteiger partial charge in [0.05, 0.1) is 6.54 Å². The fourth-order valence-corrected chi connectivity index (χ4v) is 2.59. The van der Waals surface area contributed by atoms with Crippen LogP contribution in [-0.4, -0.2) is 42.4 Å². The first kappa shape index (κ1) is 16.0. The van der Waals surface area contributed by atoms with Crippen molar-refractivity contribution in [2.24, 2.45) is 11.7 Å². The minimum absolute atomic E-state index is 0.0398. The summed E-state index contributed by atoms with van der Waals surface area (Å²) in [4.78, 5) is 25.1. The van der Waals surface area contributed by atoms with Crippen molar-refractivity contribution in [1.29, 1.82) is 0 Å². The molecule has 1 saturated carbocycles. The lowest BCUT2D eigenvalue weighted by Crippen LogP contribution is -2.41. The maximum Gasteiger partial charge on any atom is 0.239 e. The molecule has 0 spiro atoms. The van der Waals surface area contributed by atoms with Gasteiger partial charge >= 0.3 is 0 Å². The van der Waals surface area contributed by atoms with E-state index in [-0.39, 0.29) is 30.4 Å². The lowest BCUT2D eigenvalue weighted by atomic mass is 9.84. The Morgan fingerprint density at radius 1 is 1.37 bits per heavy atom. The van der Waals surface area contributed by atoms with E-state index in [1.165, 1.54) is 4.90 Å². The Bertz CT molecular complexity index is 318. The maximum absolute atomic E-state index is 12.0. The van der Waals surface area contributed by atoms with Crippen molar-refractivity contribution >= 4 is 11.8 Å². The Morgan fingerprint density at radius 3 is 2.63 bits per heavy atom. The van der Waals surface area contributed by atoms with Crippen molar-refractivity contribution in [3.8, 4) is 0 Å². The van der Waals surface area contributed by atoms with Gasteiger partial charge in [0.1, 0.15) is 0 Å². The molecule has 0 aromatic carbocycles. The topological polar surface area (TPSA) is 75.4 Å². The molecule has 1 rings (SSSR count). The zero-order valence-corrected chi connectivity index (χ0v) is 12.3. The molecular formula is C14H27N3O2. The zero-order valence-electron chi connectivity index (χ0n) is 12.3. The molecule has 1 fully saturated rings. The Balaban J connectivity index is 2.33. The van der Waals surface area contributed by atoms with E-state index >= 15 is 0 Å². The molecule has 3 N–H and O–H groups in total. The minimum Gasteiger partial charge on any atom is -0.352 e. The molecule has 2 atom stereocenters. The molecule has 0 aliphatic heterocycles. The fourth-order valence-electron chi connectivity index (χ4n) is 2.59. The minimum atomic E-state index is -0.105. The molecule has 5 nitrogen and oxygen atoms in total. The summed E-state index contributed by atoms with van der Waals surface area (Å²) in [6.07, 6.45) is 4.69. The van der Waals surface area contributed by atoms with Gasteiger partial charge in [-0.2, -0.15) is 0 Å². The van der Waals surface area contributed by atoms with Gasteiger partial charge in [0, 0.05) is 25.6 Å². The molecule has 2 amide bonds. The highest BCUT2D eigenvalue weighted by atomic mass is 16.2. The molecule has 0 aromatic rings. The van der Waals surface area contributed by atoms with Gasteiger partial charge < -0.3 is 16.0 Å². The van der Waals surface area contributed by atoms with Crippen LogP contribution in [0.25, 0.3) is 0 Å². The third-order valence-electron chi connectivity index (χ3n) is 3.54. The number of amides is 2.